The highest BCUT2D eigenvalue weighted by molar-refractivity contribution is 7.10. The van der Waals surface area contributed by atoms with Gasteiger partial charge in [0.15, 0.2) is 0 Å². The molecule has 0 amide bonds. The summed E-state index contributed by atoms with van der Waals surface area (Å²) in [6.07, 6.45) is 0.684. The fourth-order valence-electron chi connectivity index (χ4n) is 0.613. The van der Waals surface area contributed by atoms with E-state index < -0.39 is 0 Å². The van der Waals surface area contributed by atoms with E-state index in [4.69, 9.17) is 7.85 Å². The maximum atomic E-state index is 5.41. The molecule has 0 aliphatic carbocycles. The summed E-state index contributed by atoms with van der Waals surface area (Å²) < 4.78 is 0. The summed E-state index contributed by atoms with van der Waals surface area (Å²) >= 11 is 1.72. The minimum atomic E-state index is 0.684. The summed E-state index contributed by atoms with van der Waals surface area (Å²) in [6, 6.07) is 2.09. The lowest BCUT2D eigenvalue weighted by atomic mass is 10.0. The van der Waals surface area contributed by atoms with Gasteiger partial charge in [0.1, 0.15) is 0 Å². The molecule has 2 heteroatoms. The van der Waals surface area contributed by atoms with Gasteiger partial charge in [0, 0.05) is 0 Å². The molecule has 0 atom stereocenters. The largest absolute Gasteiger partial charge is 0.149 e. The van der Waals surface area contributed by atoms with E-state index in [2.05, 4.69) is 18.4 Å². The molecular formula is C6H7BS. The third-order valence-electron chi connectivity index (χ3n) is 1.15. The second kappa shape index (κ2) is 2.36. The van der Waals surface area contributed by atoms with Crippen LogP contribution in [0.1, 0.15) is 10.4 Å². The van der Waals surface area contributed by atoms with Crippen LogP contribution in [0.25, 0.3) is 0 Å². The Morgan fingerprint density at radius 1 is 1.75 bits per heavy atom. The monoisotopic (exact) mass is 122 g/mol. The van der Waals surface area contributed by atoms with E-state index in [1.165, 1.54) is 10.4 Å². The summed E-state index contributed by atoms with van der Waals surface area (Å²) in [7, 11) is 5.41. The SMILES string of the molecule is [B]Cc1sccc1C. The first-order valence-electron chi connectivity index (χ1n) is 2.57. The van der Waals surface area contributed by atoms with Crippen molar-refractivity contribution in [2.45, 2.75) is 13.2 Å². The number of rotatable bonds is 1. The smallest absolute Gasteiger partial charge is 0.0727 e. The number of aryl methyl sites for hydroxylation is 1. The van der Waals surface area contributed by atoms with Gasteiger partial charge in [-0.25, -0.2) is 0 Å². The second-order valence-electron chi connectivity index (χ2n) is 1.73. The van der Waals surface area contributed by atoms with Crippen molar-refractivity contribution in [3.8, 4) is 0 Å². The lowest BCUT2D eigenvalue weighted by molar-refractivity contribution is 1.40. The van der Waals surface area contributed by atoms with Gasteiger partial charge in [-0.2, -0.15) is 0 Å². The molecule has 1 aromatic heterocycles. The average molecular weight is 122 g/mol. The molecule has 0 fully saturated rings. The lowest BCUT2D eigenvalue weighted by Gasteiger charge is -1.87. The van der Waals surface area contributed by atoms with Crippen LogP contribution in [0, 0.1) is 6.92 Å². The van der Waals surface area contributed by atoms with Crippen LogP contribution in [0.3, 0.4) is 0 Å². The Balaban J connectivity index is 2.92. The maximum absolute atomic E-state index is 5.41. The first-order valence-corrected chi connectivity index (χ1v) is 3.45. The van der Waals surface area contributed by atoms with Crippen LogP contribution in [0.2, 0.25) is 0 Å². The molecular weight excluding hydrogens is 115 g/mol. The summed E-state index contributed by atoms with van der Waals surface area (Å²) in [5.41, 5.74) is 1.32. The molecule has 1 heterocycles. The summed E-state index contributed by atoms with van der Waals surface area (Å²) in [5.74, 6) is 0. The Bertz CT molecular complexity index is 169. The van der Waals surface area contributed by atoms with E-state index >= 15 is 0 Å². The predicted octanol–water partition coefficient (Wildman–Crippen LogP) is 1.73. The molecule has 1 rings (SSSR count). The average Bonchev–Trinajstić information content (AvgIpc) is 2.14. The Morgan fingerprint density at radius 2 is 2.50 bits per heavy atom. The molecule has 40 valence electrons. The lowest BCUT2D eigenvalue weighted by Crippen LogP contribution is -1.78. The first kappa shape index (κ1) is 5.89. The third-order valence-corrected chi connectivity index (χ3v) is 2.20. The van der Waals surface area contributed by atoms with E-state index in [1.807, 2.05) is 0 Å². The highest BCUT2D eigenvalue weighted by atomic mass is 32.1. The van der Waals surface area contributed by atoms with Gasteiger partial charge in [-0.3, -0.25) is 0 Å². The van der Waals surface area contributed by atoms with Crippen LogP contribution in [0.4, 0.5) is 0 Å². The standard InChI is InChI=1S/C6H7BS/c1-5-2-3-8-6(5)4-7/h2-3H,4H2,1H3. The van der Waals surface area contributed by atoms with Crippen molar-refractivity contribution in [1.82, 2.24) is 0 Å². The van der Waals surface area contributed by atoms with Gasteiger partial charge in [0.2, 0.25) is 0 Å². The summed E-state index contributed by atoms with van der Waals surface area (Å²) in [5, 5.41) is 2.07. The van der Waals surface area contributed by atoms with Crippen LogP contribution in [-0.4, -0.2) is 7.85 Å². The molecule has 0 spiro atoms. The van der Waals surface area contributed by atoms with E-state index in [1.54, 1.807) is 11.3 Å². The molecule has 0 aliphatic heterocycles. The van der Waals surface area contributed by atoms with Crippen molar-refractivity contribution in [1.29, 1.82) is 0 Å². The van der Waals surface area contributed by atoms with E-state index in [9.17, 15) is 0 Å². The minimum Gasteiger partial charge on any atom is -0.149 e. The quantitative estimate of drug-likeness (QED) is 0.497. The van der Waals surface area contributed by atoms with Gasteiger partial charge >= 0.3 is 0 Å². The normalized spacial score (nSPS) is 9.62. The van der Waals surface area contributed by atoms with Crippen molar-refractivity contribution in [2.24, 2.45) is 0 Å². The number of hydrogen-bond acceptors (Lipinski definition) is 1. The van der Waals surface area contributed by atoms with E-state index in [0.29, 0.717) is 6.32 Å². The van der Waals surface area contributed by atoms with Crippen molar-refractivity contribution in [3.05, 3.63) is 21.9 Å². The van der Waals surface area contributed by atoms with Gasteiger partial charge in [-0.15, -0.1) is 11.3 Å². The number of hydrogen-bond donors (Lipinski definition) is 0. The Hall–Kier alpha value is -0.235. The van der Waals surface area contributed by atoms with Gasteiger partial charge in [-0.05, 0) is 28.8 Å². The molecule has 0 nitrogen and oxygen atoms in total. The third kappa shape index (κ3) is 0.946. The van der Waals surface area contributed by atoms with Gasteiger partial charge in [-0.1, -0.05) is 6.32 Å². The molecule has 0 N–H and O–H groups in total. The zero-order valence-corrected chi connectivity index (χ0v) is 5.66. The highest BCUT2D eigenvalue weighted by Gasteiger charge is 1.92. The predicted molar refractivity (Wildman–Crippen MR) is 38.5 cm³/mol. The van der Waals surface area contributed by atoms with Crippen LogP contribution in [0.15, 0.2) is 11.4 Å². The molecule has 0 aromatic carbocycles. The van der Waals surface area contributed by atoms with Crippen molar-refractivity contribution in [3.63, 3.8) is 0 Å². The fraction of sp³-hybridized carbons (Fsp3) is 0.333. The van der Waals surface area contributed by atoms with Gasteiger partial charge in [0.05, 0.1) is 7.85 Å². The van der Waals surface area contributed by atoms with Gasteiger partial charge < -0.3 is 0 Å². The minimum absolute atomic E-state index is 0.684. The van der Waals surface area contributed by atoms with Crippen molar-refractivity contribution >= 4 is 19.2 Å². The molecule has 0 aliphatic rings. The van der Waals surface area contributed by atoms with Crippen LogP contribution < -0.4 is 0 Å². The first-order chi connectivity index (χ1) is 3.84. The second-order valence-corrected chi connectivity index (χ2v) is 2.73. The summed E-state index contributed by atoms with van der Waals surface area (Å²) in [4.78, 5) is 1.30. The van der Waals surface area contributed by atoms with Crippen molar-refractivity contribution < 1.29 is 0 Å². The Labute approximate surface area is 55.0 Å². The molecule has 0 saturated heterocycles. The molecule has 0 unspecified atom stereocenters. The number of thiophene rings is 1. The summed E-state index contributed by atoms with van der Waals surface area (Å²) in [6.45, 7) is 2.08. The van der Waals surface area contributed by atoms with Crippen LogP contribution in [-0.2, 0) is 6.32 Å². The Kier molecular flexibility index (Phi) is 1.74. The molecule has 2 radical (unpaired) electrons. The molecule has 8 heavy (non-hydrogen) atoms. The molecule has 1 aromatic rings. The zero-order chi connectivity index (χ0) is 5.98. The fourth-order valence-corrected chi connectivity index (χ4v) is 1.40. The molecule has 0 saturated carbocycles. The Morgan fingerprint density at radius 3 is 2.75 bits per heavy atom. The van der Waals surface area contributed by atoms with Crippen LogP contribution >= 0.6 is 11.3 Å². The highest BCUT2D eigenvalue weighted by Crippen LogP contribution is 2.13. The molecule has 0 bridgehead atoms. The zero-order valence-electron chi connectivity index (χ0n) is 4.85. The topological polar surface area (TPSA) is 0 Å². The van der Waals surface area contributed by atoms with Crippen LogP contribution in [0.5, 0.6) is 0 Å². The van der Waals surface area contributed by atoms with E-state index in [-0.39, 0.29) is 0 Å². The maximum Gasteiger partial charge on any atom is 0.0727 e. The van der Waals surface area contributed by atoms with Gasteiger partial charge in [0.25, 0.3) is 0 Å². The van der Waals surface area contributed by atoms with Crippen molar-refractivity contribution in [2.75, 3.05) is 0 Å². The van der Waals surface area contributed by atoms with E-state index in [0.717, 1.165) is 0 Å².